The smallest absolute Gasteiger partial charge is 0.130 e. The maximum atomic E-state index is 4.46. The van der Waals surface area contributed by atoms with Gasteiger partial charge in [-0.05, 0) is 24.6 Å². The van der Waals surface area contributed by atoms with Crippen LogP contribution in [-0.2, 0) is 7.05 Å². The fourth-order valence-electron chi connectivity index (χ4n) is 2.09. The Hall–Kier alpha value is -1.13. The van der Waals surface area contributed by atoms with Crippen molar-refractivity contribution in [2.24, 2.45) is 7.05 Å². The molecule has 0 fully saturated rings. The van der Waals surface area contributed by atoms with Crippen LogP contribution in [-0.4, -0.2) is 16.1 Å². The Balaban J connectivity index is 2.48. The van der Waals surface area contributed by atoms with Crippen LogP contribution in [0.15, 0.2) is 35.1 Å². The van der Waals surface area contributed by atoms with Crippen molar-refractivity contribution in [2.45, 2.75) is 19.9 Å². The third kappa shape index (κ3) is 2.49. The third-order valence-electron chi connectivity index (χ3n) is 3.06. The minimum Gasteiger partial charge on any atom is -0.336 e. The van der Waals surface area contributed by atoms with E-state index in [-0.39, 0.29) is 6.04 Å². The first-order valence-electron chi connectivity index (χ1n) is 6.10. The molecular formula is C14H18BrN3. The number of nitrogens with one attached hydrogen (secondary N) is 1. The monoisotopic (exact) mass is 307 g/mol. The summed E-state index contributed by atoms with van der Waals surface area (Å²) in [6.45, 7) is 5.12. The molecule has 1 aromatic heterocycles. The maximum absolute atomic E-state index is 4.46. The molecule has 0 radical (unpaired) electrons. The number of rotatable bonds is 4. The molecule has 0 saturated heterocycles. The highest BCUT2D eigenvalue weighted by Crippen LogP contribution is 2.29. The highest BCUT2D eigenvalue weighted by Gasteiger charge is 2.19. The maximum Gasteiger partial charge on any atom is 0.130 e. The van der Waals surface area contributed by atoms with Crippen molar-refractivity contribution in [1.29, 1.82) is 0 Å². The van der Waals surface area contributed by atoms with E-state index in [1.807, 2.05) is 19.4 Å². The van der Waals surface area contributed by atoms with Crippen LogP contribution >= 0.6 is 15.9 Å². The molecule has 3 nitrogen and oxygen atoms in total. The summed E-state index contributed by atoms with van der Waals surface area (Å²) in [5.41, 5.74) is 2.47. The number of aromatic nitrogens is 2. The highest BCUT2D eigenvalue weighted by atomic mass is 79.9. The molecule has 1 heterocycles. The quantitative estimate of drug-likeness (QED) is 0.940. The standard InChI is InChI=1S/C14H18BrN3/c1-4-16-13(14-17-8-9-18(14)3)11-7-5-6-10(2)12(11)15/h5-9,13,16H,4H2,1-3H3. The zero-order valence-electron chi connectivity index (χ0n) is 10.9. The van der Waals surface area contributed by atoms with Gasteiger partial charge in [0.25, 0.3) is 0 Å². The average molecular weight is 308 g/mol. The lowest BCUT2D eigenvalue weighted by Crippen LogP contribution is -2.25. The van der Waals surface area contributed by atoms with E-state index in [0.717, 1.165) is 16.8 Å². The van der Waals surface area contributed by atoms with Crippen LogP contribution in [0.25, 0.3) is 0 Å². The van der Waals surface area contributed by atoms with Crippen LogP contribution in [0, 0.1) is 6.92 Å². The van der Waals surface area contributed by atoms with Crippen LogP contribution in [0.2, 0.25) is 0 Å². The van der Waals surface area contributed by atoms with E-state index in [0.29, 0.717) is 0 Å². The molecular weight excluding hydrogens is 290 g/mol. The van der Waals surface area contributed by atoms with Crippen LogP contribution < -0.4 is 5.32 Å². The number of aryl methyl sites for hydroxylation is 2. The molecule has 0 aliphatic heterocycles. The number of hydrogen-bond acceptors (Lipinski definition) is 2. The number of halogens is 1. The Morgan fingerprint density at radius 2 is 2.22 bits per heavy atom. The van der Waals surface area contributed by atoms with Crippen LogP contribution in [0.5, 0.6) is 0 Å². The molecule has 1 unspecified atom stereocenters. The van der Waals surface area contributed by atoms with Gasteiger partial charge in [0.15, 0.2) is 0 Å². The number of hydrogen-bond donors (Lipinski definition) is 1. The Morgan fingerprint density at radius 1 is 1.44 bits per heavy atom. The molecule has 0 aliphatic rings. The van der Waals surface area contributed by atoms with E-state index in [1.165, 1.54) is 11.1 Å². The number of imidazole rings is 1. The molecule has 0 spiro atoms. The minimum absolute atomic E-state index is 0.115. The first-order chi connectivity index (χ1) is 8.65. The molecule has 18 heavy (non-hydrogen) atoms. The Morgan fingerprint density at radius 3 is 2.83 bits per heavy atom. The molecule has 1 N–H and O–H groups in total. The molecule has 1 atom stereocenters. The minimum atomic E-state index is 0.115. The van der Waals surface area contributed by atoms with E-state index in [4.69, 9.17) is 0 Å². The van der Waals surface area contributed by atoms with Crippen molar-refractivity contribution < 1.29 is 0 Å². The van der Waals surface area contributed by atoms with Crippen LogP contribution in [0.1, 0.15) is 29.9 Å². The summed E-state index contributed by atoms with van der Waals surface area (Å²) < 4.78 is 3.21. The van der Waals surface area contributed by atoms with Gasteiger partial charge in [0.2, 0.25) is 0 Å². The van der Waals surface area contributed by atoms with Gasteiger partial charge in [0.05, 0.1) is 6.04 Å². The first-order valence-corrected chi connectivity index (χ1v) is 6.90. The summed E-state index contributed by atoms with van der Waals surface area (Å²) in [5.74, 6) is 1.03. The van der Waals surface area contributed by atoms with E-state index >= 15 is 0 Å². The molecule has 0 amide bonds. The van der Waals surface area contributed by atoms with Gasteiger partial charge in [-0.25, -0.2) is 4.98 Å². The predicted octanol–water partition coefficient (Wildman–Crippen LogP) is 3.19. The fraction of sp³-hybridized carbons (Fsp3) is 0.357. The Kier molecular flexibility index (Phi) is 4.19. The van der Waals surface area contributed by atoms with Crippen molar-refractivity contribution in [2.75, 3.05) is 6.54 Å². The van der Waals surface area contributed by atoms with Crippen molar-refractivity contribution >= 4 is 15.9 Å². The molecule has 1 aromatic carbocycles. The summed E-state index contributed by atoms with van der Waals surface area (Å²) in [6.07, 6.45) is 3.81. The molecule has 0 aliphatic carbocycles. The number of benzene rings is 1. The van der Waals surface area contributed by atoms with Gasteiger partial charge in [0, 0.05) is 23.9 Å². The summed E-state index contributed by atoms with van der Waals surface area (Å²) in [4.78, 5) is 4.46. The van der Waals surface area contributed by atoms with Gasteiger partial charge in [-0.1, -0.05) is 41.1 Å². The summed E-state index contributed by atoms with van der Waals surface area (Å²) in [5, 5.41) is 3.50. The lowest BCUT2D eigenvalue weighted by molar-refractivity contribution is 0.575. The topological polar surface area (TPSA) is 29.9 Å². The van der Waals surface area contributed by atoms with Gasteiger partial charge >= 0.3 is 0 Å². The molecule has 2 rings (SSSR count). The Labute approximate surface area is 116 Å². The molecule has 4 heteroatoms. The second-order valence-electron chi connectivity index (χ2n) is 4.37. The second kappa shape index (κ2) is 5.67. The largest absolute Gasteiger partial charge is 0.336 e. The Bertz CT molecular complexity index is 534. The van der Waals surface area contributed by atoms with Crippen molar-refractivity contribution in [3.63, 3.8) is 0 Å². The molecule has 0 bridgehead atoms. The second-order valence-corrected chi connectivity index (χ2v) is 5.16. The van der Waals surface area contributed by atoms with Gasteiger partial charge < -0.3 is 9.88 Å². The SMILES string of the molecule is CCNC(c1cccc(C)c1Br)c1nccn1C. The van der Waals surface area contributed by atoms with Gasteiger partial charge in [0.1, 0.15) is 5.82 Å². The van der Waals surface area contributed by atoms with Crippen molar-refractivity contribution in [1.82, 2.24) is 14.9 Å². The molecule has 96 valence electrons. The summed E-state index contributed by atoms with van der Waals surface area (Å²) >= 11 is 3.68. The van der Waals surface area contributed by atoms with E-state index in [1.54, 1.807) is 0 Å². The highest BCUT2D eigenvalue weighted by molar-refractivity contribution is 9.10. The summed E-state index contributed by atoms with van der Waals surface area (Å²) in [7, 11) is 2.02. The van der Waals surface area contributed by atoms with Gasteiger partial charge in [-0.3, -0.25) is 0 Å². The van der Waals surface area contributed by atoms with Crippen LogP contribution in [0.3, 0.4) is 0 Å². The molecule has 2 aromatic rings. The van der Waals surface area contributed by atoms with Crippen molar-refractivity contribution in [3.8, 4) is 0 Å². The third-order valence-corrected chi connectivity index (χ3v) is 4.14. The first kappa shape index (κ1) is 13.3. The predicted molar refractivity (Wildman–Crippen MR) is 77.6 cm³/mol. The number of nitrogens with zero attached hydrogens (tertiary/aromatic N) is 2. The van der Waals surface area contributed by atoms with Gasteiger partial charge in [-0.15, -0.1) is 0 Å². The van der Waals surface area contributed by atoms with E-state index in [9.17, 15) is 0 Å². The lowest BCUT2D eigenvalue weighted by Gasteiger charge is -2.20. The van der Waals surface area contributed by atoms with E-state index in [2.05, 4.69) is 62.8 Å². The molecule has 0 saturated carbocycles. The van der Waals surface area contributed by atoms with E-state index < -0.39 is 0 Å². The fourth-order valence-corrected chi connectivity index (χ4v) is 2.59. The normalized spacial score (nSPS) is 12.7. The summed E-state index contributed by atoms with van der Waals surface area (Å²) in [6, 6.07) is 6.45. The zero-order valence-corrected chi connectivity index (χ0v) is 12.5. The van der Waals surface area contributed by atoms with Gasteiger partial charge in [-0.2, -0.15) is 0 Å². The van der Waals surface area contributed by atoms with Crippen LogP contribution in [0.4, 0.5) is 0 Å². The zero-order chi connectivity index (χ0) is 13.1. The average Bonchev–Trinajstić information content (AvgIpc) is 2.76. The lowest BCUT2D eigenvalue weighted by atomic mass is 10.0. The van der Waals surface area contributed by atoms with Crippen molar-refractivity contribution in [3.05, 3.63) is 52.0 Å².